The average Bonchev–Trinajstić information content (AvgIpc) is 2.93. The molecule has 0 unspecified atom stereocenters. The zero-order chi connectivity index (χ0) is 15.7. The summed E-state index contributed by atoms with van der Waals surface area (Å²) in [5, 5.41) is 2.97. The number of hydrogen-bond donors (Lipinski definition) is 0. The third-order valence-electron chi connectivity index (χ3n) is 3.87. The van der Waals surface area contributed by atoms with Crippen LogP contribution in [0.3, 0.4) is 0 Å². The van der Waals surface area contributed by atoms with E-state index >= 15 is 0 Å². The van der Waals surface area contributed by atoms with Gasteiger partial charge in [0.05, 0.1) is 18.8 Å². The molecule has 1 amide bonds. The van der Waals surface area contributed by atoms with Crippen molar-refractivity contribution in [3.8, 4) is 10.6 Å². The van der Waals surface area contributed by atoms with Gasteiger partial charge in [-0.1, -0.05) is 12.1 Å². The van der Waals surface area contributed by atoms with Gasteiger partial charge in [-0.2, -0.15) is 0 Å². The van der Waals surface area contributed by atoms with Gasteiger partial charge < -0.3 is 9.64 Å². The monoisotopic (exact) mass is 316 g/mol. The summed E-state index contributed by atoms with van der Waals surface area (Å²) in [5.74, 6) is 0.0587. The molecule has 1 aromatic carbocycles. The molecule has 116 valence electrons. The van der Waals surface area contributed by atoms with Gasteiger partial charge in [0.25, 0.3) is 5.91 Å². The molecular weight excluding hydrogens is 296 g/mol. The lowest BCUT2D eigenvalue weighted by atomic mass is 10.0. The Morgan fingerprint density at radius 3 is 2.91 bits per heavy atom. The fourth-order valence-electron chi connectivity index (χ4n) is 2.66. The summed E-state index contributed by atoms with van der Waals surface area (Å²) in [6.45, 7) is 7.86. The second-order valence-corrected chi connectivity index (χ2v) is 7.05. The first-order valence-electron chi connectivity index (χ1n) is 7.40. The second-order valence-electron chi connectivity index (χ2n) is 6.20. The molecule has 0 saturated carbocycles. The van der Waals surface area contributed by atoms with E-state index in [-0.39, 0.29) is 11.4 Å². The number of morpholine rings is 1. The molecule has 5 heteroatoms. The highest BCUT2D eigenvalue weighted by Crippen LogP contribution is 2.26. The van der Waals surface area contributed by atoms with Gasteiger partial charge in [0, 0.05) is 28.7 Å². The van der Waals surface area contributed by atoms with Crippen molar-refractivity contribution in [3.63, 3.8) is 0 Å². The lowest BCUT2D eigenvalue weighted by Crippen LogP contribution is -2.55. The van der Waals surface area contributed by atoms with Crippen molar-refractivity contribution in [1.82, 2.24) is 9.88 Å². The number of carbonyl (C=O) groups excluding carboxylic acids is 1. The molecule has 1 saturated heterocycles. The van der Waals surface area contributed by atoms with Crippen LogP contribution in [0.2, 0.25) is 0 Å². The zero-order valence-electron chi connectivity index (χ0n) is 13.1. The molecule has 0 N–H and O–H groups in total. The highest BCUT2D eigenvalue weighted by Gasteiger charge is 2.34. The maximum atomic E-state index is 12.9. The van der Waals surface area contributed by atoms with Gasteiger partial charge in [0.15, 0.2) is 0 Å². The first-order chi connectivity index (χ1) is 10.5. The molecule has 0 radical (unpaired) electrons. The second kappa shape index (κ2) is 5.82. The molecule has 2 heterocycles. The van der Waals surface area contributed by atoms with Crippen molar-refractivity contribution in [2.45, 2.75) is 26.3 Å². The number of carbonyl (C=O) groups is 1. The van der Waals surface area contributed by atoms with Crippen LogP contribution in [0, 0.1) is 6.92 Å². The summed E-state index contributed by atoms with van der Waals surface area (Å²) in [6.07, 6.45) is 0. The van der Waals surface area contributed by atoms with Gasteiger partial charge in [-0.25, -0.2) is 4.98 Å². The van der Waals surface area contributed by atoms with E-state index < -0.39 is 0 Å². The Kier molecular flexibility index (Phi) is 4.02. The summed E-state index contributed by atoms with van der Waals surface area (Å²) in [4.78, 5) is 19.3. The lowest BCUT2D eigenvalue weighted by molar-refractivity contribution is -0.0370. The number of ether oxygens (including phenoxy) is 1. The van der Waals surface area contributed by atoms with E-state index in [4.69, 9.17) is 4.74 Å². The maximum absolute atomic E-state index is 12.9. The van der Waals surface area contributed by atoms with Crippen LogP contribution in [-0.2, 0) is 4.74 Å². The van der Waals surface area contributed by atoms with Crippen LogP contribution in [0.1, 0.15) is 29.9 Å². The van der Waals surface area contributed by atoms with Gasteiger partial charge in [0.2, 0.25) is 0 Å². The smallest absolute Gasteiger partial charge is 0.254 e. The standard InChI is InChI=1S/C17H20N2O2S/c1-12-10-22-15(18-12)13-5-4-6-14(9-13)16(20)19-7-8-21-11-17(19,2)3/h4-6,9-10H,7-8,11H2,1-3H3. The van der Waals surface area contributed by atoms with E-state index in [9.17, 15) is 4.79 Å². The minimum atomic E-state index is -0.275. The number of benzene rings is 1. The minimum Gasteiger partial charge on any atom is -0.377 e. The number of aryl methyl sites for hydroxylation is 1. The van der Waals surface area contributed by atoms with E-state index in [0.29, 0.717) is 25.3 Å². The summed E-state index contributed by atoms with van der Waals surface area (Å²) < 4.78 is 5.49. The fourth-order valence-corrected chi connectivity index (χ4v) is 3.46. The Labute approximate surface area is 134 Å². The topological polar surface area (TPSA) is 42.4 Å². The van der Waals surface area contributed by atoms with Gasteiger partial charge in [-0.15, -0.1) is 11.3 Å². The molecule has 1 aromatic heterocycles. The third kappa shape index (κ3) is 2.91. The van der Waals surface area contributed by atoms with Crippen molar-refractivity contribution in [2.24, 2.45) is 0 Å². The van der Waals surface area contributed by atoms with Crippen LogP contribution in [-0.4, -0.2) is 41.1 Å². The van der Waals surface area contributed by atoms with Crippen LogP contribution in [0.25, 0.3) is 10.6 Å². The van der Waals surface area contributed by atoms with Crippen molar-refractivity contribution in [1.29, 1.82) is 0 Å². The summed E-state index contributed by atoms with van der Waals surface area (Å²) in [7, 11) is 0. The Bertz CT molecular complexity index is 693. The average molecular weight is 316 g/mol. The Morgan fingerprint density at radius 2 is 2.23 bits per heavy atom. The highest BCUT2D eigenvalue weighted by atomic mass is 32.1. The van der Waals surface area contributed by atoms with Gasteiger partial charge >= 0.3 is 0 Å². The van der Waals surface area contributed by atoms with E-state index in [1.165, 1.54) is 0 Å². The first kappa shape index (κ1) is 15.2. The number of nitrogens with zero attached hydrogens (tertiary/aromatic N) is 2. The van der Waals surface area contributed by atoms with Crippen LogP contribution in [0.5, 0.6) is 0 Å². The molecule has 1 fully saturated rings. The Morgan fingerprint density at radius 1 is 1.41 bits per heavy atom. The van der Waals surface area contributed by atoms with Crippen LogP contribution < -0.4 is 0 Å². The molecule has 2 aromatic rings. The van der Waals surface area contributed by atoms with Gasteiger partial charge in [0.1, 0.15) is 5.01 Å². The summed E-state index contributed by atoms with van der Waals surface area (Å²) >= 11 is 1.60. The largest absolute Gasteiger partial charge is 0.377 e. The number of aromatic nitrogens is 1. The van der Waals surface area contributed by atoms with Crippen molar-refractivity contribution in [3.05, 3.63) is 40.9 Å². The molecule has 1 aliphatic rings. The van der Waals surface area contributed by atoms with E-state index in [0.717, 1.165) is 16.3 Å². The van der Waals surface area contributed by atoms with Crippen LogP contribution in [0.4, 0.5) is 0 Å². The Balaban J connectivity index is 1.90. The fraction of sp³-hybridized carbons (Fsp3) is 0.412. The van der Waals surface area contributed by atoms with Gasteiger partial charge in [-0.05, 0) is 32.9 Å². The van der Waals surface area contributed by atoms with Crippen molar-refractivity contribution < 1.29 is 9.53 Å². The quantitative estimate of drug-likeness (QED) is 0.853. The molecule has 0 spiro atoms. The Hall–Kier alpha value is -1.72. The molecule has 0 aliphatic carbocycles. The molecule has 22 heavy (non-hydrogen) atoms. The molecule has 1 aliphatic heterocycles. The summed E-state index contributed by atoms with van der Waals surface area (Å²) in [5.41, 5.74) is 2.43. The normalized spacial score (nSPS) is 17.5. The van der Waals surface area contributed by atoms with E-state index in [1.54, 1.807) is 11.3 Å². The number of hydrogen-bond acceptors (Lipinski definition) is 4. The molecule has 0 atom stereocenters. The number of rotatable bonds is 2. The maximum Gasteiger partial charge on any atom is 0.254 e. The third-order valence-corrected chi connectivity index (χ3v) is 4.88. The molecular formula is C17H20N2O2S. The molecule has 0 bridgehead atoms. The first-order valence-corrected chi connectivity index (χ1v) is 8.28. The van der Waals surface area contributed by atoms with Crippen LogP contribution >= 0.6 is 11.3 Å². The van der Waals surface area contributed by atoms with E-state index in [1.807, 2.05) is 55.3 Å². The van der Waals surface area contributed by atoms with Crippen molar-refractivity contribution in [2.75, 3.05) is 19.8 Å². The minimum absolute atomic E-state index is 0.0587. The highest BCUT2D eigenvalue weighted by molar-refractivity contribution is 7.13. The molecule has 4 nitrogen and oxygen atoms in total. The van der Waals surface area contributed by atoms with Crippen LogP contribution in [0.15, 0.2) is 29.6 Å². The SMILES string of the molecule is Cc1csc(-c2cccc(C(=O)N3CCOCC3(C)C)c2)n1. The predicted molar refractivity (Wildman–Crippen MR) is 88.2 cm³/mol. The van der Waals surface area contributed by atoms with Gasteiger partial charge in [-0.3, -0.25) is 4.79 Å². The zero-order valence-corrected chi connectivity index (χ0v) is 13.9. The number of thiazole rings is 1. The number of amides is 1. The molecule has 3 rings (SSSR count). The van der Waals surface area contributed by atoms with E-state index in [2.05, 4.69) is 4.98 Å². The predicted octanol–water partition coefficient (Wildman–Crippen LogP) is 3.37. The van der Waals surface area contributed by atoms with Crippen molar-refractivity contribution >= 4 is 17.2 Å². The lowest BCUT2D eigenvalue weighted by Gasteiger charge is -2.42. The summed E-state index contributed by atoms with van der Waals surface area (Å²) in [6, 6.07) is 7.73.